The van der Waals surface area contributed by atoms with Gasteiger partial charge < -0.3 is 10.2 Å². The Morgan fingerprint density at radius 3 is 2.64 bits per heavy atom. The lowest BCUT2D eigenvalue weighted by Crippen LogP contribution is -2.57. The summed E-state index contributed by atoms with van der Waals surface area (Å²) in [6.07, 6.45) is 0. The molecule has 0 atom stereocenters. The smallest absolute Gasteiger partial charge is 0.0325 e. The van der Waals surface area contributed by atoms with E-state index in [1.54, 1.807) is 0 Å². The van der Waals surface area contributed by atoms with Crippen molar-refractivity contribution in [3.8, 4) is 0 Å². The van der Waals surface area contributed by atoms with Crippen LogP contribution in [0.4, 0.5) is 0 Å². The maximum absolute atomic E-state index is 3.56. The topological polar surface area (TPSA) is 15.3 Å². The molecule has 0 aliphatic carbocycles. The highest BCUT2D eigenvalue weighted by atomic mass is 15.2. The molecule has 1 aliphatic heterocycles. The Bertz CT molecular complexity index is 265. The van der Waals surface area contributed by atoms with Gasteiger partial charge in [0.15, 0.2) is 0 Å². The van der Waals surface area contributed by atoms with Crippen LogP contribution in [0.5, 0.6) is 0 Å². The molecule has 1 aromatic carbocycles. The summed E-state index contributed by atoms with van der Waals surface area (Å²) >= 11 is 0. The molecule has 1 N–H and O–H groups in total. The first-order valence-electron chi connectivity index (χ1n) is 5.38. The molecule has 76 valence electrons. The average molecular weight is 190 g/mol. The predicted molar refractivity (Wildman–Crippen MR) is 59.2 cm³/mol. The first-order chi connectivity index (χ1) is 6.88. The van der Waals surface area contributed by atoms with Crippen molar-refractivity contribution in [2.24, 2.45) is 0 Å². The number of hydrogen-bond acceptors (Lipinski definition) is 2. The molecule has 2 heteroatoms. The van der Waals surface area contributed by atoms with Gasteiger partial charge in [-0.25, -0.2) is 0 Å². The highest BCUT2D eigenvalue weighted by Gasteiger charge is 2.23. The van der Waals surface area contributed by atoms with Crippen LogP contribution in [-0.2, 0) is 6.54 Å². The van der Waals surface area contributed by atoms with Gasteiger partial charge in [0, 0.05) is 25.7 Å². The Morgan fingerprint density at radius 2 is 2.00 bits per heavy atom. The molecule has 0 amide bonds. The molecular formula is C12H18N2. The molecular weight excluding hydrogens is 172 g/mol. The van der Waals surface area contributed by atoms with Crippen LogP contribution in [0.3, 0.4) is 0 Å². The van der Waals surface area contributed by atoms with E-state index in [9.17, 15) is 0 Å². The average Bonchev–Trinajstić information content (AvgIpc) is 2.17. The minimum absolute atomic E-state index is 0.704. The Morgan fingerprint density at radius 1 is 1.29 bits per heavy atom. The van der Waals surface area contributed by atoms with Gasteiger partial charge in [0.25, 0.3) is 0 Å². The van der Waals surface area contributed by atoms with Crippen molar-refractivity contribution in [1.82, 2.24) is 10.2 Å². The summed E-state index contributed by atoms with van der Waals surface area (Å²) in [5.41, 5.74) is 1.38. The van der Waals surface area contributed by atoms with E-state index in [-0.39, 0.29) is 0 Å². The van der Waals surface area contributed by atoms with Crippen molar-refractivity contribution < 1.29 is 0 Å². The van der Waals surface area contributed by atoms with Gasteiger partial charge >= 0.3 is 0 Å². The van der Waals surface area contributed by atoms with Gasteiger partial charge in [0.1, 0.15) is 0 Å². The van der Waals surface area contributed by atoms with Crippen LogP contribution in [0.1, 0.15) is 12.5 Å². The minimum Gasteiger partial charge on any atom is -0.307 e. The fourth-order valence-corrected chi connectivity index (χ4v) is 1.82. The van der Waals surface area contributed by atoms with Gasteiger partial charge in [-0.3, -0.25) is 0 Å². The Hall–Kier alpha value is -0.860. The number of nitrogens with zero attached hydrogens (tertiary/aromatic N) is 1. The number of likely N-dealkylation sites (tertiary alicyclic amines) is 1. The van der Waals surface area contributed by atoms with Gasteiger partial charge in [0.05, 0.1) is 0 Å². The number of rotatable bonds is 4. The Balaban J connectivity index is 1.69. The van der Waals surface area contributed by atoms with E-state index in [4.69, 9.17) is 0 Å². The highest BCUT2D eigenvalue weighted by Crippen LogP contribution is 2.07. The normalized spacial score (nSPS) is 18.1. The van der Waals surface area contributed by atoms with Crippen molar-refractivity contribution >= 4 is 0 Å². The largest absolute Gasteiger partial charge is 0.307 e. The maximum atomic E-state index is 3.56. The van der Waals surface area contributed by atoms with E-state index >= 15 is 0 Å². The molecule has 2 nitrogen and oxygen atoms in total. The standard InChI is InChI=1S/C12H18N2/c1-2-14-9-12(10-14)13-8-11-6-4-3-5-7-11/h3-7,12-13H,2,8-10H2,1H3. The van der Waals surface area contributed by atoms with Crippen molar-refractivity contribution in [2.45, 2.75) is 19.5 Å². The van der Waals surface area contributed by atoms with Gasteiger partial charge in [-0.15, -0.1) is 0 Å². The monoisotopic (exact) mass is 190 g/mol. The van der Waals surface area contributed by atoms with Crippen LogP contribution in [0.25, 0.3) is 0 Å². The van der Waals surface area contributed by atoms with E-state index in [0.29, 0.717) is 6.04 Å². The molecule has 1 saturated heterocycles. The summed E-state index contributed by atoms with van der Waals surface area (Å²) < 4.78 is 0. The summed E-state index contributed by atoms with van der Waals surface area (Å²) in [5, 5.41) is 3.56. The molecule has 0 saturated carbocycles. The number of nitrogens with one attached hydrogen (secondary N) is 1. The van der Waals surface area contributed by atoms with Gasteiger partial charge in [-0.1, -0.05) is 37.3 Å². The molecule has 0 unspecified atom stereocenters. The summed E-state index contributed by atoms with van der Waals surface area (Å²) in [6.45, 7) is 6.83. The van der Waals surface area contributed by atoms with E-state index in [0.717, 1.165) is 6.54 Å². The van der Waals surface area contributed by atoms with Crippen LogP contribution >= 0.6 is 0 Å². The zero-order chi connectivity index (χ0) is 9.80. The second kappa shape index (κ2) is 4.58. The lowest BCUT2D eigenvalue weighted by atomic mass is 10.1. The predicted octanol–water partition coefficient (Wildman–Crippen LogP) is 1.48. The number of benzene rings is 1. The molecule has 14 heavy (non-hydrogen) atoms. The van der Waals surface area contributed by atoms with Crippen molar-refractivity contribution in [3.05, 3.63) is 35.9 Å². The van der Waals surface area contributed by atoms with Crippen LogP contribution in [0.2, 0.25) is 0 Å². The van der Waals surface area contributed by atoms with E-state index in [1.165, 1.54) is 25.2 Å². The maximum Gasteiger partial charge on any atom is 0.0325 e. The third-order valence-corrected chi connectivity index (χ3v) is 2.84. The Labute approximate surface area is 85.9 Å². The summed E-state index contributed by atoms with van der Waals surface area (Å²) in [5.74, 6) is 0. The fourth-order valence-electron chi connectivity index (χ4n) is 1.82. The first-order valence-corrected chi connectivity index (χ1v) is 5.38. The summed E-state index contributed by atoms with van der Waals surface area (Å²) in [7, 11) is 0. The molecule has 0 spiro atoms. The zero-order valence-electron chi connectivity index (χ0n) is 8.74. The van der Waals surface area contributed by atoms with Gasteiger partial charge in [-0.05, 0) is 12.1 Å². The zero-order valence-corrected chi connectivity index (χ0v) is 8.74. The highest BCUT2D eigenvalue weighted by molar-refractivity contribution is 5.14. The van der Waals surface area contributed by atoms with Crippen LogP contribution < -0.4 is 5.32 Å². The third-order valence-electron chi connectivity index (χ3n) is 2.84. The van der Waals surface area contributed by atoms with Gasteiger partial charge in [0.2, 0.25) is 0 Å². The van der Waals surface area contributed by atoms with Crippen molar-refractivity contribution in [2.75, 3.05) is 19.6 Å². The first kappa shape index (κ1) is 9.69. The van der Waals surface area contributed by atoms with Crippen molar-refractivity contribution in [3.63, 3.8) is 0 Å². The quantitative estimate of drug-likeness (QED) is 0.773. The summed E-state index contributed by atoms with van der Waals surface area (Å²) in [6, 6.07) is 11.3. The molecule has 1 aromatic rings. The molecule has 1 fully saturated rings. The van der Waals surface area contributed by atoms with E-state index < -0.39 is 0 Å². The molecule has 0 bridgehead atoms. The number of hydrogen-bond donors (Lipinski definition) is 1. The number of likely N-dealkylation sites (N-methyl/N-ethyl adjacent to an activating group) is 1. The van der Waals surface area contributed by atoms with Crippen LogP contribution in [0.15, 0.2) is 30.3 Å². The molecule has 1 aliphatic rings. The second-order valence-corrected chi connectivity index (χ2v) is 3.92. The lowest BCUT2D eigenvalue weighted by Gasteiger charge is -2.39. The molecule has 1 heterocycles. The third kappa shape index (κ3) is 2.34. The summed E-state index contributed by atoms with van der Waals surface area (Å²) in [4.78, 5) is 2.45. The fraction of sp³-hybridized carbons (Fsp3) is 0.500. The van der Waals surface area contributed by atoms with Gasteiger partial charge in [-0.2, -0.15) is 0 Å². The minimum atomic E-state index is 0.704. The molecule has 0 radical (unpaired) electrons. The van der Waals surface area contributed by atoms with Crippen LogP contribution in [-0.4, -0.2) is 30.6 Å². The Kier molecular flexibility index (Phi) is 3.17. The second-order valence-electron chi connectivity index (χ2n) is 3.92. The van der Waals surface area contributed by atoms with E-state index in [2.05, 4.69) is 47.5 Å². The molecule has 2 rings (SSSR count). The van der Waals surface area contributed by atoms with E-state index in [1.807, 2.05) is 0 Å². The SMILES string of the molecule is CCN1CC(NCc2ccccc2)C1. The molecule has 0 aromatic heterocycles. The lowest BCUT2D eigenvalue weighted by molar-refractivity contribution is 0.133. The van der Waals surface area contributed by atoms with Crippen molar-refractivity contribution in [1.29, 1.82) is 0 Å². The van der Waals surface area contributed by atoms with Crippen LogP contribution in [0, 0.1) is 0 Å².